The molecular weight excluding hydrogens is 272 g/mol. The molecule has 2 saturated heterocycles. The van der Waals surface area contributed by atoms with Gasteiger partial charge in [-0.2, -0.15) is 11.8 Å². The molecule has 0 aromatic heterocycles. The van der Waals surface area contributed by atoms with Gasteiger partial charge in [0.1, 0.15) is 12.1 Å². The molecule has 2 rings (SSSR count). The number of carbonyl (C=O) groups is 2. The maximum absolute atomic E-state index is 12.8. The van der Waals surface area contributed by atoms with Gasteiger partial charge in [0.15, 0.2) is 0 Å². The minimum atomic E-state index is -0.289. The maximum Gasteiger partial charge on any atom is 0.246 e. The van der Waals surface area contributed by atoms with E-state index in [1.165, 1.54) is 0 Å². The Hall–Kier alpha value is -0.710. The van der Waals surface area contributed by atoms with Gasteiger partial charge in [-0.15, -0.1) is 0 Å². The Bertz CT molecular complexity index is 409. The predicted molar refractivity (Wildman–Crippen MR) is 82.7 cm³/mol. The second-order valence-corrected chi connectivity index (χ2v) is 8.32. The van der Waals surface area contributed by atoms with Gasteiger partial charge in [0.25, 0.3) is 0 Å². The van der Waals surface area contributed by atoms with Gasteiger partial charge < -0.3 is 9.80 Å². The van der Waals surface area contributed by atoms with E-state index in [-0.39, 0.29) is 34.6 Å². The fourth-order valence-corrected chi connectivity index (χ4v) is 3.48. The molecule has 2 atom stereocenters. The summed E-state index contributed by atoms with van der Waals surface area (Å²) >= 11 is 1.74. The predicted octanol–water partition coefficient (Wildman–Crippen LogP) is 1.99. The van der Waals surface area contributed by atoms with Crippen LogP contribution in [0.25, 0.3) is 0 Å². The SMILES string of the molecule is CSC(C)(C)CN1C(=O)C2CCCN2C(=O)C1C(C)C. The van der Waals surface area contributed by atoms with Crippen molar-refractivity contribution in [2.24, 2.45) is 5.92 Å². The van der Waals surface area contributed by atoms with Gasteiger partial charge >= 0.3 is 0 Å². The Morgan fingerprint density at radius 2 is 1.95 bits per heavy atom. The minimum absolute atomic E-state index is 0.0240. The minimum Gasteiger partial charge on any atom is -0.329 e. The summed E-state index contributed by atoms with van der Waals surface area (Å²) in [4.78, 5) is 29.2. The molecule has 0 saturated carbocycles. The molecule has 2 unspecified atom stereocenters. The van der Waals surface area contributed by atoms with Crippen LogP contribution in [-0.2, 0) is 9.59 Å². The molecule has 2 aliphatic heterocycles. The van der Waals surface area contributed by atoms with Crippen molar-refractivity contribution in [3.63, 3.8) is 0 Å². The highest BCUT2D eigenvalue weighted by Crippen LogP contribution is 2.33. The van der Waals surface area contributed by atoms with Crippen LogP contribution in [0.3, 0.4) is 0 Å². The van der Waals surface area contributed by atoms with E-state index < -0.39 is 0 Å². The Balaban J connectivity index is 2.30. The average Bonchev–Trinajstić information content (AvgIpc) is 2.84. The Morgan fingerprint density at radius 1 is 1.30 bits per heavy atom. The molecule has 2 amide bonds. The number of hydrogen-bond donors (Lipinski definition) is 0. The molecule has 0 spiro atoms. The lowest BCUT2D eigenvalue weighted by atomic mass is 9.94. The quantitative estimate of drug-likeness (QED) is 0.797. The number of piperazine rings is 1. The number of nitrogens with zero attached hydrogens (tertiary/aromatic N) is 2. The van der Waals surface area contributed by atoms with Crippen molar-refractivity contribution >= 4 is 23.6 Å². The molecule has 20 heavy (non-hydrogen) atoms. The molecule has 0 bridgehead atoms. The van der Waals surface area contributed by atoms with Crippen LogP contribution in [0, 0.1) is 5.92 Å². The summed E-state index contributed by atoms with van der Waals surface area (Å²) in [7, 11) is 0. The lowest BCUT2D eigenvalue weighted by Gasteiger charge is -2.46. The first-order chi connectivity index (χ1) is 9.28. The normalized spacial score (nSPS) is 27.5. The molecule has 0 aromatic rings. The Labute approximate surface area is 126 Å². The lowest BCUT2D eigenvalue weighted by Crippen LogP contribution is -2.65. The van der Waals surface area contributed by atoms with E-state index in [1.54, 1.807) is 11.8 Å². The highest BCUT2D eigenvalue weighted by Gasteiger charge is 2.49. The standard InChI is InChI=1S/C15H26N2O2S/c1-10(2)12-14(19)16-8-6-7-11(16)13(18)17(12)9-15(3,4)20-5/h10-12H,6-9H2,1-5H3. The summed E-state index contributed by atoms with van der Waals surface area (Å²) in [5.41, 5.74) is 0. The van der Waals surface area contributed by atoms with E-state index in [1.807, 2.05) is 23.6 Å². The van der Waals surface area contributed by atoms with Gasteiger partial charge in [-0.25, -0.2) is 0 Å². The van der Waals surface area contributed by atoms with E-state index in [2.05, 4.69) is 20.1 Å². The van der Waals surface area contributed by atoms with E-state index in [9.17, 15) is 9.59 Å². The van der Waals surface area contributed by atoms with Crippen molar-refractivity contribution in [2.75, 3.05) is 19.3 Å². The molecule has 0 aliphatic carbocycles. The first kappa shape index (κ1) is 15.7. The molecule has 2 aliphatic rings. The van der Waals surface area contributed by atoms with Crippen molar-refractivity contribution in [3.05, 3.63) is 0 Å². The van der Waals surface area contributed by atoms with Crippen LogP contribution in [0.5, 0.6) is 0 Å². The summed E-state index contributed by atoms with van der Waals surface area (Å²) in [5, 5.41) is 0. The number of hydrogen-bond acceptors (Lipinski definition) is 3. The molecule has 0 aromatic carbocycles. The fraction of sp³-hybridized carbons (Fsp3) is 0.867. The summed E-state index contributed by atoms with van der Waals surface area (Å²) < 4.78 is -0.0240. The highest BCUT2D eigenvalue weighted by molar-refractivity contribution is 7.99. The molecule has 5 heteroatoms. The van der Waals surface area contributed by atoms with Crippen molar-refractivity contribution in [2.45, 2.75) is 57.4 Å². The smallest absolute Gasteiger partial charge is 0.246 e. The van der Waals surface area contributed by atoms with Crippen LogP contribution in [0.15, 0.2) is 0 Å². The zero-order valence-electron chi connectivity index (χ0n) is 13.2. The summed E-state index contributed by atoms with van der Waals surface area (Å²) in [6.07, 6.45) is 3.83. The van der Waals surface area contributed by atoms with E-state index in [4.69, 9.17) is 0 Å². The summed E-state index contributed by atoms with van der Waals surface area (Å²) in [5.74, 6) is 0.465. The first-order valence-electron chi connectivity index (χ1n) is 7.44. The maximum atomic E-state index is 12.8. The molecule has 2 heterocycles. The van der Waals surface area contributed by atoms with Crippen LogP contribution in [0.4, 0.5) is 0 Å². The van der Waals surface area contributed by atoms with Gasteiger partial charge in [0, 0.05) is 17.8 Å². The van der Waals surface area contributed by atoms with Crippen molar-refractivity contribution < 1.29 is 9.59 Å². The van der Waals surface area contributed by atoms with Crippen LogP contribution in [-0.4, -0.2) is 57.8 Å². The Kier molecular flexibility index (Phi) is 4.38. The van der Waals surface area contributed by atoms with Gasteiger partial charge in [0.05, 0.1) is 0 Å². The van der Waals surface area contributed by atoms with Crippen LogP contribution >= 0.6 is 11.8 Å². The zero-order valence-corrected chi connectivity index (χ0v) is 14.0. The van der Waals surface area contributed by atoms with Crippen LogP contribution < -0.4 is 0 Å². The number of amides is 2. The van der Waals surface area contributed by atoms with Crippen molar-refractivity contribution in [1.82, 2.24) is 9.80 Å². The number of rotatable bonds is 4. The van der Waals surface area contributed by atoms with Crippen molar-refractivity contribution in [1.29, 1.82) is 0 Å². The van der Waals surface area contributed by atoms with E-state index in [0.717, 1.165) is 19.4 Å². The van der Waals surface area contributed by atoms with Gasteiger partial charge in [-0.05, 0) is 38.9 Å². The molecule has 0 radical (unpaired) electrons. The van der Waals surface area contributed by atoms with Crippen LogP contribution in [0.2, 0.25) is 0 Å². The second-order valence-electron chi connectivity index (χ2n) is 6.81. The average molecular weight is 298 g/mol. The summed E-state index contributed by atoms with van der Waals surface area (Å²) in [6.45, 7) is 9.72. The third-order valence-electron chi connectivity index (χ3n) is 4.43. The molecular formula is C15H26N2O2S. The molecule has 2 fully saturated rings. The topological polar surface area (TPSA) is 40.6 Å². The third kappa shape index (κ3) is 2.69. The van der Waals surface area contributed by atoms with E-state index in [0.29, 0.717) is 6.54 Å². The number of carbonyl (C=O) groups excluding carboxylic acids is 2. The van der Waals surface area contributed by atoms with Gasteiger partial charge in [0.2, 0.25) is 11.8 Å². The Morgan fingerprint density at radius 3 is 2.50 bits per heavy atom. The number of fused-ring (bicyclic) bond motifs is 1. The van der Waals surface area contributed by atoms with Gasteiger partial charge in [-0.1, -0.05) is 13.8 Å². The number of thioether (sulfide) groups is 1. The fourth-order valence-electron chi connectivity index (χ4n) is 3.22. The zero-order chi connectivity index (χ0) is 15.1. The third-order valence-corrected chi connectivity index (χ3v) is 5.66. The summed E-state index contributed by atoms with van der Waals surface area (Å²) in [6, 6.07) is -0.488. The molecule has 4 nitrogen and oxygen atoms in total. The second kappa shape index (κ2) is 5.58. The highest BCUT2D eigenvalue weighted by atomic mass is 32.2. The van der Waals surface area contributed by atoms with Crippen molar-refractivity contribution in [3.8, 4) is 0 Å². The first-order valence-corrected chi connectivity index (χ1v) is 8.67. The largest absolute Gasteiger partial charge is 0.329 e. The lowest BCUT2D eigenvalue weighted by molar-refractivity contribution is -0.161. The molecule has 114 valence electrons. The monoisotopic (exact) mass is 298 g/mol. The van der Waals surface area contributed by atoms with E-state index >= 15 is 0 Å². The van der Waals surface area contributed by atoms with Crippen LogP contribution in [0.1, 0.15) is 40.5 Å². The molecule has 0 N–H and O–H groups in total. The van der Waals surface area contributed by atoms with Gasteiger partial charge in [-0.3, -0.25) is 9.59 Å².